The van der Waals surface area contributed by atoms with Crippen LogP contribution in [0.3, 0.4) is 0 Å². The van der Waals surface area contributed by atoms with Gasteiger partial charge in [-0.25, -0.2) is 8.42 Å². The zero-order chi connectivity index (χ0) is 17.7. The topological polar surface area (TPSA) is 66.5 Å². The van der Waals surface area contributed by atoms with E-state index in [2.05, 4.69) is 5.32 Å². The molecule has 0 radical (unpaired) electrons. The number of sulfone groups is 1. The lowest BCUT2D eigenvalue weighted by Gasteiger charge is -2.32. The smallest absolute Gasteiger partial charge is 0.337 e. The summed E-state index contributed by atoms with van der Waals surface area (Å²) in [7, 11) is -2.57. The highest BCUT2D eigenvalue weighted by Gasteiger charge is 2.26. The van der Waals surface area contributed by atoms with E-state index in [9.17, 15) is 22.0 Å². The van der Waals surface area contributed by atoms with Crippen molar-refractivity contribution in [2.75, 3.05) is 26.7 Å². The third kappa shape index (κ3) is 4.73. The molecule has 1 heterocycles. The molecule has 1 aromatic carbocycles. The number of hydrogen-bond acceptors (Lipinski definition) is 4. The van der Waals surface area contributed by atoms with Crippen molar-refractivity contribution in [3.8, 4) is 0 Å². The van der Waals surface area contributed by atoms with Gasteiger partial charge >= 0.3 is 5.76 Å². The number of carbonyl (C=O) groups excluding carboxylic acids is 1. The van der Waals surface area contributed by atoms with Crippen LogP contribution in [-0.4, -0.2) is 51.7 Å². The Morgan fingerprint density at radius 2 is 2.00 bits per heavy atom. The molecule has 134 valence electrons. The molecule has 0 aromatic heterocycles. The fraction of sp³-hybridized carbons (Fsp3) is 0.562. The number of hydrogen-bond donors (Lipinski definition) is 1. The molecule has 1 fully saturated rings. The number of likely N-dealkylation sites (tertiary alicyclic amines) is 1. The minimum Gasteiger partial charge on any atom is -0.338 e. The van der Waals surface area contributed by atoms with Crippen molar-refractivity contribution in [2.45, 2.75) is 24.4 Å². The third-order valence-corrected chi connectivity index (χ3v) is 5.42. The molecule has 2 rings (SSSR count). The molecule has 1 N–H and O–H groups in total. The average molecular weight is 360 g/mol. The van der Waals surface area contributed by atoms with Gasteiger partial charge in [-0.2, -0.15) is 8.78 Å². The number of piperidine rings is 1. The molecule has 24 heavy (non-hydrogen) atoms. The number of amides is 1. The van der Waals surface area contributed by atoms with Crippen LogP contribution in [0.1, 0.15) is 28.8 Å². The van der Waals surface area contributed by atoms with E-state index in [0.717, 1.165) is 19.4 Å². The van der Waals surface area contributed by atoms with E-state index in [1.807, 2.05) is 7.05 Å². The molecule has 1 aliphatic heterocycles. The first-order valence-electron chi connectivity index (χ1n) is 7.86. The van der Waals surface area contributed by atoms with Gasteiger partial charge in [0.15, 0.2) is 0 Å². The number of rotatable bonds is 6. The summed E-state index contributed by atoms with van der Waals surface area (Å²) in [5.74, 6) is -3.81. The van der Waals surface area contributed by atoms with E-state index in [1.165, 1.54) is 24.3 Å². The van der Waals surface area contributed by atoms with Crippen molar-refractivity contribution >= 4 is 15.7 Å². The Labute approximate surface area is 141 Å². The number of nitrogens with zero attached hydrogens (tertiary/aromatic N) is 1. The molecule has 1 atom stereocenters. The van der Waals surface area contributed by atoms with Crippen molar-refractivity contribution in [3.63, 3.8) is 0 Å². The molecular weight excluding hydrogens is 338 g/mol. The highest BCUT2D eigenvalue weighted by Crippen LogP contribution is 2.19. The molecule has 1 amide bonds. The summed E-state index contributed by atoms with van der Waals surface area (Å²) in [4.78, 5) is 14.3. The lowest BCUT2D eigenvalue weighted by atomic mass is 9.97. The summed E-state index contributed by atoms with van der Waals surface area (Å²) in [6, 6.07) is 5.84. The van der Waals surface area contributed by atoms with Crippen molar-refractivity contribution in [1.29, 1.82) is 0 Å². The number of halogens is 2. The lowest BCUT2D eigenvalue weighted by Crippen LogP contribution is -2.42. The minimum atomic E-state index is -4.45. The number of nitrogens with one attached hydrogen (secondary N) is 1. The molecule has 0 saturated carbocycles. The highest BCUT2D eigenvalue weighted by atomic mass is 32.2. The van der Waals surface area contributed by atoms with Crippen LogP contribution in [0.2, 0.25) is 0 Å². The Kier molecular flexibility index (Phi) is 6.28. The second kappa shape index (κ2) is 8.02. The van der Waals surface area contributed by atoms with Gasteiger partial charge in [0, 0.05) is 18.7 Å². The fourth-order valence-corrected chi connectivity index (χ4v) is 3.71. The van der Waals surface area contributed by atoms with Gasteiger partial charge in [0.1, 0.15) is 0 Å². The molecule has 5 nitrogen and oxygen atoms in total. The molecule has 0 spiro atoms. The normalized spacial score (nSPS) is 18.8. The summed E-state index contributed by atoms with van der Waals surface area (Å²) < 4.78 is 47.3. The van der Waals surface area contributed by atoms with Crippen LogP contribution in [0.15, 0.2) is 24.3 Å². The van der Waals surface area contributed by atoms with E-state index in [0.29, 0.717) is 24.6 Å². The fourth-order valence-electron chi connectivity index (χ4n) is 2.93. The Balaban J connectivity index is 2.03. The van der Waals surface area contributed by atoms with Crippen LogP contribution in [0, 0.1) is 5.92 Å². The first-order valence-corrected chi connectivity index (χ1v) is 9.57. The van der Waals surface area contributed by atoms with Gasteiger partial charge < -0.3 is 10.2 Å². The first-order chi connectivity index (χ1) is 11.3. The van der Waals surface area contributed by atoms with Crippen LogP contribution in [0.4, 0.5) is 8.78 Å². The van der Waals surface area contributed by atoms with Gasteiger partial charge in [-0.3, -0.25) is 4.79 Å². The number of alkyl halides is 2. The maximum Gasteiger partial charge on any atom is 0.337 e. The molecule has 0 bridgehead atoms. The molecule has 1 aromatic rings. The summed E-state index contributed by atoms with van der Waals surface area (Å²) >= 11 is 0. The maximum atomic E-state index is 12.5. The molecule has 1 saturated heterocycles. The van der Waals surface area contributed by atoms with E-state index in [-0.39, 0.29) is 11.5 Å². The number of carbonyl (C=O) groups is 1. The summed E-state index contributed by atoms with van der Waals surface area (Å²) in [5, 5.41) is 3.12. The summed E-state index contributed by atoms with van der Waals surface area (Å²) in [5.41, 5.74) is 0.692. The lowest BCUT2D eigenvalue weighted by molar-refractivity contribution is 0.0674. The first kappa shape index (κ1) is 18.8. The van der Waals surface area contributed by atoms with Gasteiger partial charge in [-0.05, 0) is 50.0 Å². The van der Waals surface area contributed by atoms with E-state index < -0.39 is 21.3 Å². The van der Waals surface area contributed by atoms with Crippen LogP contribution >= 0.6 is 0 Å². The Morgan fingerprint density at radius 1 is 1.33 bits per heavy atom. The van der Waals surface area contributed by atoms with Crippen LogP contribution < -0.4 is 5.32 Å². The quantitative estimate of drug-likeness (QED) is 0.841. The van der Waals surface area contributed by atoms with Crippen LogP contribution in [-0.2, 0) is 15.6 Å². The maximum absolute atomic E-state index is 12.5. The van der Waals surface area contributed by atoms with Gasteiger partial charge in [0.2, 0.25) is 9.84 Å². The van der Waals surface area contributed by atoms with Gasteiger partial charge in [0.25, 0.3) is 5.91 Å². The predicted octanol–water partition coefficient (Wildman–Crippen LogP) is 1.90. The van der Waals surface area contributed by atoms with Gasteiger partial charge in [-0.1, -0.05) is 12.1 Å². The van der Waals surface area contributed by atoms with Gasteiger partial charge in [0.05, 0.1) is 5.75 Å². The highest BCUT2D eigenvalue weighted by molar-refractivity contribution is 7.90. The molecule has 1 unspecified atom stereocenters. The van der Waals surface area contributed by atoms with Crippen molar-refractivity contribution < 1.29 is 22.0 Å². The predicted molar refractivity (Wildman–Crippen MR) is 87.6 cm³/mol. The molecule has 8 heteroatoms. The molecule has 1 aliphatic rings. The average Bonchev–Trinajstić information content (AvgIpc) is 2.55. The SMILES string of the molecule is CNCC1CCCN(C(=O)c2ccc(CS(=O)(=O)C(F)F)cc2)C1. The second-order valence-electron chi connectivity index (χ2n) is 6.08. The summed E-state index contributed by atoms with van der Waals surface area (Å²) in [6.45, 7) is 2.23. The zero-order valence-electron chi connectivity index (χ0n) is 13.5. The summed E-state index contributed by atoms with van der Waals surface area (Å²) in [6.07, 6.45) is 2.03. The Morgan fingerprint density at radius 3 is 2.58 bits per heavy atom. The van der Waals surface area contributed by atoms with E-state index in [4.69, 9.17) is 0 Å². The van der Waals surface area contributed by atoms with E-state index >= 15 is 0 Å². The van der Waals surface area contributed by atoms with Crippen molar-refractivity contribution in [3.05, 3.63) is 35.4 Å². The molecular formula is C16H22F2N2O3S. The molecule has 0 aliphatic carbocycles. The monoisotopic (exact) mass is 360 g/mol. The Hall–Kier alpha value is -1.54. The van der Waals surface area contributed by atoms with E-state index in [1.54, 1.807) is 4.90 Å². The minimum absolute atomic E-state index is 0.112. The van der Waals surface area contributed by atoms with Crippen LogP contribution in [0.25, 0.3) is 0 Å². The van der Waals surface area contributed by atoms with Crippen molar-refractivity contribution in [2.24, 2.45) is 5.92 Å². The number of benzene rings is 1. The zero-order valence-corrected chi connectivity index (χ0v) is 14.4. The largest absolute Gasteiger partial charge is 0.338 e. The van der Waals surface area contributed by atoms with Gasteiger partial charge in [-0.15, -0.1) is 0 Å². The second-order valence-corrected chi connectivity index (χ2v) is 8.05. The third-order valence-electron chi connectivity index (χ3n) is 4.14. The Bertz CT molecular complexity index is 660. The standard InChI is InChI=1S/C16H22F2N2O3S/c1-19-9-13-3-2-8-20(10-13)15(21)14-6-4-12(5-7-14)11-24(22,23)16(17)18/h4-7,13,16,19H,2-3,8-11H2,1H3. The van der Waals surface area contributed by atoms with Crippen molar-refractivity contribution in [1.82, 2.24) is 10.2 Å². The van der Waals surface area contributed by atoms with Crippen LogP contribution in [0.5, 0.6) is 0 Å².